The number of H-pyrrole nitrogens is 1. The Morgan fingerprint density at radius 2 is 1.85 bits per heavy atom. The molecule has 0 spiro atoms. The second-order valence-corrected chi connectivity index (χ2v) is 9.64. The molecular formula is C18H15F7N6O2S. The minimum atomic E-state index is -5.91. The summed E-state index contributed by atoms with van der Waals surface area (Å²) < 4.78 is 118. The number of hydrogen-bond donors (Lipinski definition) is 1. The Bertz CT molecular complexity index is 1490. The van der Waals surface area contributed by atoms with Gasteiger partial charge in [-0.2, -0.15) is 35.8 Å². The zero-order valence-electron chi connectivity index (χ0n) is 17.3. The molecule has 2 aromatic heterocycles. The van der Waals surface area contributed by atoms with Crippen LogP contribution in [0.2, 0.25) is 0 Å². The van der Waals surface area contributed by atoms with E-state index in [0.29, 0.717) is 4.68 Å². The molecule has 1 unspecified atom stereocenters. The van der Waals surface area contributed by atoms with Gasteiger partial charge in [0.1, 0.15) is 0 Å². The van der Waals surface area contributed by atoms with Gasteiger partial charge >= 0.3 is 18.6 Å². The highest BCUT2D eigenvalue weighted by Crippen LogP contribution is 2.41. The Labute approximate surface area is 186 Å². The highest BCUT2D eigenvalue weighted by atomic mass is 32.2. The molecule has 184 valence electrons. The highest BCUT2D eigenvalue weighted by Gasteiger charge is 2.61. The van der Waals surface area contributed by atoms with Crippen molar-refractivity contribution in [3.63, 3.8) is 0 Å². The van der Waals surface area contributed by atoms with E-state index >= 15 is 0 Å². The summed E-state index contributed by atoms with van der Waals surface area (Å²) in [6.45, 7) is -0.245. The maximum Gasteiger partial charge on any atom is 0.461 e. The summed E-state index contributed by atoms with van der Waals surface area (Å²) in [6, 6.07) is 1.38. The summed E-state index contributed by atoms with van der Waals surface area (Å²) in [5.74, 6) is -7.36. The average molecular weight is 512 g/mol. The topological polar surface area (TPSA) is 96.2 Å². The lowest BCUT2D eigenvalue weighted by Gasteiger charge is -2.27. The normalized spacial score (nSPS) is 17.1. The van der Waals surface area contributed by atoms with Crippen molar-refractivity contribution >= 4 is 32.5 Å². The van der Waals surface area contributed by atoms with E-state index in [1.807, 2.05) is 4.98 Å². The van der Waals surface area contributed by atoms with Crippen LogP contribution in [-0.4, -0.2) is 46.1 Å². The molecule has 3 heterocycles. The molecule has 0 saturated carbocycles. The number of anilines is 1. The van der Waals surface area contributed by atoms with Crippen molar-refractivity contribution in [2.24, 2.45) is 5.10 Å². The Morgan fingerprint density at radius 3 is 2.44 bits per heavy atom. The summed E-state index contributed by atoms with van der Waals surface area (Å²) in [5, 5.41) is 8.51. The van der Waals surface area contributed by atoms with Gasteiger partial charge in [-0.15, -0.1) is 5.10 Å². The fourth-order valence-electron chi connectivity index (χ4n) is 3.43. The monoisotopic (exact) mass is 512 g/mol. The predicted molar refractivity (Wildman–Crippen MR) is 104 cm³/mol. The number of benzene rings is 1. The number of aromatic amines is 1. The molecule has 34 heavy (non-hydrogen) atoms. The first kappa shape index (κ1) is 24.0. The fourth-order valence-corrected chi connectivity index (χ4v) is 4.51. The van der Waals surface area contributed by atoms with E-state index in [0.717, 1.165) is 17.3 Å². The van der Waals surface area contributed by atoms with Crippen LogP contribution in [0.25, 0.3) is 17.0 Å². The summed E-state index contributed by atoms with van der Waals surface area (Å²) >= 11 is 0. The number of rotatable bonds is 5. The van der Waals surface area contributed by atoms with E-state index in [1.54, 1.807) is 0 Å². The molecule has 0 amide bonds. The van der Waals surface area contributed by atoms with Crippen molar-refractivity contribution in [1.29, 1.82) is 0 Å². The maximum absolute atomic E-state index is 13.7. The van der Waals surface area contributed by atoms with Gasteiger partial charge in [0.15, 0.2) is 21.1 Å². The van der Waals surface area contributed by atoms with Crippen molar-refractivity contribution in [3.8, 4) is 0 Å². The van der Waals surface area contributed by atoms with Crippen LogP contribution in [0.15, 0.2) is 28.3 Å². The Kier molecular flexibility index (Phi) is 5.41. The van der Waals surface area contributed by atoms with Crippen LogP contribution in [-0.2, 0) is 15.8 Å². The third kappa shape index (κ3) is 3.69. The number of nitrogens with zero attached hydrogens (tertiary/aromatic N) is 5. The van der Waals surface area contributed by atoms with E-state index in [-0.39, 0.29) is 21.9 Å². The molecule has 0 bridgehead atoms. The molecule has 1 aliphatic rings. The molecule has 0 saturated heterocycles. The Balaban J connectivity index is 1.94. The number of imidazole rings is 1. The van der Waals surface area contributed by atoms with Crippen LogP contribution in [0.1, 0.15) is 26.2 Å². The molecule has 0 radical (unpaired) electrons. The van der Waals surface area contributed by atoms with Crippen LogP contribution in [0, 0.1) is 0 Å². The second-order valence-electron chi connectivity index (χ2n) is 7.40. The van der Waals surface area contributed by atoms with Gasteiger partial charge in [0.2, 0.25) is 0 Å². The van der Waals surface area contributed by atoms with Crippen LogP contribution in [0.4, 0.5) is 36.4 Å². The van der Waals surface area contributed by atoms with E-state index in [9.17, 15) is 39.2 Å². The lowest BCUT2D eigenvalue weighted by Crippen LogP contribution is -2.41. The van der Waals surface area contributed by atoms with Crippen molar-refractivity contribution in [2.75, 3.05) is 10.8 Å². The van der Waals surface area contributed by atoms with Gasteiger partial charge in [-0.3, -0.25) is 5.01 Å². The molecule has 1 aliphatic heterocycles. The number of sulfone groups is 1. The van der Waals surface area contributed by atoms with Crippen LogP contribution < -0.4 is 15.8 Å². The number of alkyl halides is 7. The van der Waals surface area contributed by atoms with E-state index in [4.69, 9.17) is 0 Å². The third-order valence-corrected chi connectivity index (χ3v) is 6.94. The van der Waals surface area contributed by atoms with Gasteiger partial charge in [-0.1, -0.05) is 6.92 Å². The molecule has 4 rings (SSSR count). The van der Waals surface area contributed by atoms with Crippen molar-refractivity contribution in [2.45, 2.75) is 43.4 Å². The Hall–Kier alpha value is -3.17. The number of fused-ring (bicyclic) bond motifs is 2. The lowest BCUT2D eigenvalue weighted by molar-refractivity contribution is -0.292. The Morgan fingerprint density at radius 1 is 1.18 bits per heavy atom. The van der Waals surface area contributed by atoms with E-state index in [2.05, 4.69) is 15.2 Å². The minimum absolute atomic E-state index is 0.107. The SMILES string of the molecule is CCS(=O)(=O)c1cc2c(cnn2C(F)F)cc1N1N=c2nc(C(F)(F)C(F)(F)F)[nH]c2=CC1C. The zero-order chi connectivity index (χ0) is 25.2. The average Bonchev–Trinajstić information content (AvgIpc) is 3.35. The molecule has 1 aromatic carbocycles. The van der Waals surface area contributed by atoms with Crippen molar-refractivity contribution < 1.29 is 39.2 Å². The van der Waals surface area contributed by atoms with Crippen molar-refractivity contribution in [1.82, 2.24) is 19.7 Å². The van der Waals surface area contributed by atoms with Crippen LogP contribution >= 0.6 is 0 Å². The van der Waals surface area contributed by atoms with Gasteiger partial charge < -0.3 is 4.98 Å². The number of aromatic nitrogens is 4. The highest BCUT2D eigenvalue weighted by molar-refractivity contribution is 7.91. The lowest BCUT2D eigenvalue weighted by atomic mass is 10.2. The van der Waals surface area contributed by atoms with Gasteiger partial charge in [0.05, 0.1) is 39.4 Å². The summed E-state index contributed by atoms with van der Waals surface area (Å²) in [7, 11) is -4.03. The molecule has 3 aromatic rings. The summed E-state index contributed by atoms with van der Waals surface area (Å²) in [4.78, 5) is 4.79. The first-order chi connectivity index (χ1) is 15.7. The molecule has 1 N–H and O–H groups in total. The molecule has 8 nitrogen and oxygen atoms in total. The molecule has 1 atom stereocenters. The van der Waals surface area contributed by atoms with Gasteiger partial charge in [0.25, 0.3) is 0 Å². The molecular weight excluding hydrogens is 497 g/mol. The quantitative estimate of drug-likeness (QED) is 0.531. The number of halogens is 7. The first-order valence-electron chi connectivity index (χ1n) is 9.60. The smallest absolute Gasteiger partial charge is 0.335 e. The van der Waals surface area contributed by atoms with E-state index in [1.165, 1.54) is 26.0 Å². The fraction of sp³-hybridized carbons (Fsp3) is 0.389. The first-order valence-corrected chi connectivity index (χ1v) is 11.3. The minimum Gasteiger partial charge on any atom is -0.335 e. The summed E-state index contributed by atoms with van der Waals surface area (Å²) in [5.41, 5.74) is -0.808. The summed E-state index contributed by atoms with van der Waals surface area (Å²) in [6.07, 6.45) is -3.59. The molecule has 16 heteroatoms. The third-order valence-electron chi connectivity index (χ3n) is 5.18. The molecule has 0 fully saturated rings. The van der Waals surface area contributed by atoms with Gasteiger partial charge in [0, 0.05) is 5.39 Å². The number of nitrogens with one attached hydrogen (secondary N) is 1. The number of hydrogen-bond acceptors (Lipinski definition) is 6. The van der Waals surface area contributed by atoms with Crippen molar-refractivity contribution in [3.05, 3.63) is 35.0 Å². The van der Waals surface area contributed by atoms with Crippen LogP contribution in [0.5, 0.6) is 0 Å². The van der Waals surface area contributed by atoms with Gasteiger partial charge in [-0.05, 0) is 25.1 Å². The predicted octanol–water partition coefficient (Wildman–Crippen LogP) is 2.83. The van der Waals surface area contributed by atoms with Gasteiger partial charge in [-0.25, -0.2) is 18.1 Å². The molecule has 0 aliphatic carbocycles. The van der Waals surface area contributed by atoms with E-state index < -0.39 is 56.5 Å². The standard InChI is InChI=1S/C18H15F7N6O2S/c1-3-34(32,33)13-6-11-9(7-26-31(11)16(19)20)5-12(13)30-8(2)4-10-14(29-30)28-15(27-10)17(21,22)18(23,24)25/h4-8,16H,3H2,1-2H3,(H,27,28,29). The maximum atomic E-state index is 13.7. The largest absolute Gasteiger partial charge is 0.461 e. The second kappa shape index (κ2) is 7.68. The van der Waals surface area contributed by atoms with Crippen LogP contribution in [0.3, 0.4) is 0 Å². The zero-order valence-corrected chi connectivity index (χ0v) is 18.1.